The van der Waals surface area contributed by atoms with Crippen LogP contribution < -0.4 is 5.69 Å². The second kappa shape index (κ2) is 5.45. The van der Waals surface area contributed by atoms with Crippen LogP contribution in [0.3, 0.4) is 0 Å². The number of aliphatic hydroxyl groups is 1. The molecule has 1 unspecified atom stereocenters. The molecule has 1 N–H and O–H groups in total. The van der Waals surface area contributed by atoms with Gasteiger partial charge in [0.15, 0.2) is 0 Å². The molecule has 0 aliphatic heterocycles. The Kier molecular flexibility index (Phi) is 3.94. The molecule has 1 saturated carbocycles. The van der Waals surface area contributed by atoms with E-state index in [0.717, 1.165) is 18.5 Å². The summed E-state index contributed by atoms with van der Waals surface area (Å²) in [5, 5.41) is 10.1. The highest BCUT2D eigenvalue weighted by Crippen LogP contribution is 2.26. The van der Waals surface area contributed by atoms with E-state index in [2.05, 4.69) is 4.98 Å². The van der Waals surface area contributed by atoms with Crippen LogP contribution in [-0.2, 0) is 6.54 Å². The summed E-state index contributed by atoms with van der Waals surface area (Å²) >= 11 is 0. The lowest BCUT2D eigenvalue weighted by atomic mass is 9.85. The average Bonchev–Trinajstić information content (AvgIpc) is 2.34. The van der Waals surface area contributed by atoms with E-state index in [-0.39, 0.29) is 5.69 Å². The predicted molar refractivity (Wildman–Crippen MR) is 65.8 cm³/mol. The molecule has 1 aromatic heterocycles. The molecule has 1 heterocycles. The standard InChI is InChI=1S/C13H20N2O2/c1-10-7-8-15(13(17)14-10)9-12(16)11-5-3-2-4-6-11/h7-8,11-12,16H,2-6,9H2,1H3. The first-order valence-corrected chi connectivity index (χ1v) is 6.39. The summed E-state index contributed by atoms with van der Waals surface area (Å²) in [6.07, 6.45) is 7.12. The molecule has 1 fully saturated rings. The zero-order valence-electron chi connectivity index (χ0n) is 10.3. The number of nitrogens with zero attached hydrogens (tertiary/aromatic N) is 2. The van der Waals surface area contributed by atoms with Crippen molar-refractivity contribution in [3.63, 3.8) is 0 Å². The molecule has 0 radical (unpaired) electrons. The summed E-state index contributed by atoms with van der Waals surface area (Å²) in [5.41, 5.74) is 0.457. The lowest BCUT2D eigenvalue weighted by Gasteiger charge is -2.26. The average molecular weight is 236 g/mol. The summed E-state index contributed by atoms with van der Waals surface area (Å²) in [4.78, 5) is 15.5. The molecule has 0 amide bonds. The molecule has 17 heavy (non-hydrogen) atoms. The van der Waals surface area contributed by atoms with Gasteiger partial charge in [0.2, 0.25) is 0 Å². The van der Waals surface area contributed by atoms with Crippen LogP contribution in [0.4, 0.5) is 0 Å². The van der Waals surface area contributed by atoms with Crippen molar-refractivity contribution in [3.8, 4) is 0 Å². The molecular formula is C13H20N2O2. The number of aromatic nitrogens is 2. The van der Waals surface area contributed by atoms with Gasteiger partial charge in [-0.05, 0) is 31.7 Å². The Morgan fingerprint density at radius 2 is 2.18 bits per heavy atom. The van der Waals surface area contributed by atoms with Crippen LogP contribution >= 0.6 is 0 Å². The van der Waals surface area contributed by atoms with Gasteiger partial charge in [0.1, 0.15) is 0 Å². The summed E-state index contributed by atoms with van der Waals surface area (Å²) < 4.78 is 1.51. The van der Waals surface area contributed by atoms with Gasteiger partial charge < -0.3 is 5.11 Å². The molecule has 0 saturated heterocycles. The van der Waals surface area contributed by atoms with Crippen molar-refractivity contribution >= 4 is 0 Å². The Hall–Kier alpha value is -1.16. The molecule has 94 valence electrons. The van der Waals surface area contributed by atoms with Gasteiger partial charge in [0.05, 0.1) is 12.6 Å². The fourth-order valence-electron chi connectivity index (χ4n) is 2.52. The van der Waals surface area contributed by atoms with Crippen molar-refractivity contribution in [3.05, 3.63) is 28.4 Å². The number of rotatable bonds is 3. The van der Waals surface area contributed by atoms with Crippen LogP contribution in [0.15, 0.2) is 17.1 Å². The maximum absolute atomic E-state index is 11.6. The van der Waals surface area contributed by atoms with Crippen LogP contribution in [0.1, 0.15) is 37.8 Å². The van der Waals surface area contributed by atoms with Gasteiger partial charge in [0, 0.05) is 11.9 Å². The minimum atomic E-state index is -0.419. The van der Waals surface area contributed by atoms with E-state index in [1.165, 1.54) is 23.8 Å². The Balaban J connectivity index is 2.01. The fourth-order valence-corrected chi connectivity index (χ4v) is 2.52. The van der Waals surface area contributed by atoms with Crippen LogP contribution in [0, 0.1) is 12.8 Å². The van der Waals surface area contributed by atoms with Crippen LogP contribution in [0.5, 0.6) is 0 Å². The molecule has 4 nitrogen and oxygen atoms in total. The van der Waals surface area contributed by atoms with E-state index >= 15 is 0 Å². The lowest BCUT2D eigenvalue weighted by molar-refractivity contribution is 0.0683. The zero-order chi connectivity index (χ0) is 12.3. The largest absolute Gasteiger partial charge is 0.391 e. The highest BCUT2D eigenvalue weighted by molar-refractivity contribution is 4.95. The third kappa shape index (κ3) is 3.16. The Morgan fingerprint density at radius 3 is 2.82 bits per heavy atom. The van der Waals surface area contributed by atoms with E-state index in [0.29, 0.717) is 12.5 Å². The van der Waals surface area contributed by atoms with Gasteiger partial charge in [-0.2, -0.15) is 4.98 Å². The first-order valence-electron chi connectivity index (χ1n) is 6.39. The van der Waals surface area contributed by atoms with Crippen molar-refractivity contribution in [2.75, 3.05) is 0 Å². The Labute approximate surface area is 101 Å². The van der Waals surface area contributed by atoms with E-state index in [4.69, 9.17) is 0 Å². The minimum absolute atomic E-state index is 0.264. The minimum Gasteiger partial charge on any atom is -0.391 e. The van der Waals surface area contributed by atoms with Gasteiger partial charge >= 0.3 is 5.69 Å². The number of hydrogen-bond acceptors (Lipinski definition) is 3. The topological polar surface area (TPSA) is 55.1 Å². The van der Waals surface area contributed by atoms with Gasteiger partial charge in [-0.1, -0.05) is 19.3 Å². The molecule has 1 aromatic rings. The van der Waals surface area contributed by atoms with Gasteiger partial charge in [-0.15, -0.1) is 0 Å². The predicted octanol–water partition coefficient (Wildman–Crippen LogP) is 1.49. The third-order valence-corrected chi connectivity index (χ3v) is 3.59. The van der Waals surface area contributed by atoms with Crippen molar-refractivity contribution in [1.82, 2.24) is 9.55 Å². The van der Waals surface area contributed by atoms with E-state index < -0.39 is 6.10 Å². The first kappa shape index (κ1) is 12.3. The summed E-state index contributed by atoms with van der Waals surface area (Å²) in [5.74, 6) is 0.344. The maximum atomic E-state index is 11.6. The summed E-state index contributed by atoms with van der Waals surface area (Å²) in [6.45, 7) is 2.17. The first-order chi connectivity index (χ1) is 8.16. The highest BCUT2D eigenvalue weighted by atomic mass is 16.3. The smallest absolute Gasteiger partial charge is 0.347 e. The van der Waals surface area contributed by atoms with E-state index in [1.807, 2.05) is 0 Å². The molecule has 4 heteroatoms. The van der Waals surface area contributed by atoms with Crippen molar-refractivity contribution in [2.45, 2.75) is 51.7 Å². The van der Waals surface area contributed by atoms with Gasteiger partial charge in [-0.3, -0.25) is 4.57 Å². The SMILES string of the molecule is Cc1ccn(CC(O)C2CCCCC2)c(=O)n1. The van der Waals surface area contributed by atoms with E-state index in [1.54, 1.807) is 19.2 Å². The van der Waals surface area contributed by atoms with Gasteiger partial charge in [-0.25, -0.2) is 4.79 Å². The molecule has 0 spiro atoms. The van der Waals surface area contributed by atoms with Crippen LogP contribution in [0.2, 0.25) is 0 Å². The molecule has 1 aliphatic rings. The number of aryl methyl sites for hydroxylation is 1. The molecule has 0 aromatic carbocycles. The normalized spacial score (nSPS) is 19.2. The number of aliphatic hydroxyl groups excluding tert-OH is 1. The number of hydrogen-bond donors (Lipinski definition) is 1. The quantitative estimate of drug-likeness (QED) is 0.865. The Bertz CT molecular complexity index is 422. The molecule has 0 bridgehead atoms. The van der Waals surface area contributed by atoms with Crippen molar-refractivity contribution < 1.29 is 5.11 Å². The fraction of sp³-hybridized carbons (Fsp3) is 0.692. The monoisotopic (exact) mass is 236 g/mol. The molecule has 1 atom stereocenters. The third-order valence-electron chi connectivity index (χ3n) is 3.59. The second-order valence-electron chi connectivity index (χ2n) is 4.97. The Morgan fingerprint density at radius 1 is 1.47 bits per heavy atom. The van der Waals surface area contributed by atoms with Gasteiger partial charge in [0.25, 0.3) is 0 Å². The van der Waals surface area contributed by atoms with Crippen molar-refractivity contribution in [1.29, 1.82) is 0 Å². The van der Waals surface area contributed by atoms with Crippen LogP contribution in [0.25, 0.3) is 0 Å². The molecule has 1 aliphatic carbocycles. The maximum Gasteiger partial charge on any atom is 0.347 e. The van der Waals surface area contributed by atoms with Crippen molar-refractivity contribution in [2.24, 2.45) is 5.92 Å². The summed E-state index contributed by atoms with van der Waals surface area (Å²) in [7, 11) is 0. The lowest BCUT2D eigenvalue weighted by Crippen LogP contribution is -2.33. The highest BCUT2D eigenvalue weighted by Gasteiger charge is 2.22. The molecule has 2 rings (SSSR count). The van der Waals surface area contributed by atoms with Crippen LogP contribution in [-0.4, -0.2) is 20.8 Å². The molecular weight excluding hydrogens is 216 g/mol. The van der Waals surface area contributed by atoms with E-state index in [9.17, 15) is 9.90 Å². The summed E-state index contributed by atoms with van der Waals surface area (Å²) in [6, 6.07) is 1.80. The second-order valence-corrected chi connectivity index (χ2v) is 4.97. The zero-order valence-corrected chi connectivity index (χ0v) is 10.3.